The van der Waals surface area contributed by atoms with Gasteiger partial charge in [-0.05, 0) is 39.7 Å². The standard InChI is InChI=1S/C27H19N3O/c1-18-16-29-17-25(23-12-10-19-6-2-4-8-21(19)14-23)28-27(29)26(30(18)31)24-13-11-20-7-3-5-9-22(20)15-24/h2-17H,1H3. The lowest BCUT2D eigenvalue weighted by Crippen LogP contribution is -2.34. The molecule has 0 N–H and O–H groups in total. The van der Waals surface area contributed by atoms with E-state index in [2.05, 4.69) is 54.6 Å². The average molecular weight is 401 g/mol. The van der Waals surface area contributed by atoms with Crippen LogP contribution in [0.3, 0.4) is 0 Å². The molecule has 2 aromatic heterocycles. The number of aryl methyl sites for hydroxylation is 1. The summed E-state index contributed by atoms with van der Waals surface area (Å²) in [5.74, 6) is 0. The second-order valence-electron chi connectivity index (χ2n) is 7.89. The number of nitrogens with zero attached hydrogens (tertiary/aromatic N) is 3. The van der Waals surface area contributed by atoms with E-state index in [1.54, 1.807) is 0 Å². The number of rotatable bonds is 2. The molecule has 148 valence electrons. The molecule has 0 fully saturated rings. The number of imidazole rings is 1. The maximum absolute atomic E-state index is 13.1. The molecule has 6 aromatic rings. The molecule has 4 aromatic carbocycles. The van der Waals surface area contributed by atoms with Gasteiger partial charge < -0.3 is 5.21 Å². The van der Waals surface area contributed by atoms with Crippen LogP contribution in [-0.2, 0) is 0 Å². The molecule has 0 saturated carbocycles. The van der Waals surface area contributed by atoms with Gasteiger partial charge in [-0.15, -0.1) is 0 Å². The molecular formula is C27H19N3O. The first-order chi connectivity index (χ1) is 15.2. The van der Waals surface area contributed by atoms with Gasteiger partial charge in [0.05, 0.1) is 17.5 Å². The van der Waals surface area contributed by atoms with Gasteiger partial charge in [-0.2, -0.15) is 4.73 Å². The molecule has 0 aliphatic heterocycles. The summed E-state index contributed by atoms with van der Waals surface area (Å²) in [5, 5.41) is 17.7. The van der Waals surface area contributed by atoms with Crippen molar-refractivity contribution in [3.8, 4) is 22.5 Å². The summed E-state index contributed by atoms with van der Waals surface area (Å²) in [6.45, 7) is 1.83. The first kappa shape index (κ1) is 17.7. The van der Waals surface area contributed by atoms with Gasteiger partial charge >= 0.3 is 0 Å². The first-order valence-corrected chi connectivity index (χ1v) is 10.3. The highest BCUT2D eigenvalue weighted by Gasteiger charge is 2.21. The molecule has 6 rings (SSSR count). The minimum atomic E-state index is 0.567. The minimum Gasteiger partial charge on any atom is -0.618 e. The summed E-state index contributed by atoms with van der Waals surface area (Å²) in [4.78, 5) is 4.89. The number of benzene rings is 4. The van der Waals surface area contributed by atoms with Crippen molar-refractivity contribution in [3.63, 3.8) is 0 Å². The fraction of sp³-hybridized carbons (Fsp3) is 0.0370. The largest absolute Gasteiger partial charge is 0.618 e. The Morgan fingerprint density at radius 1 is 0.710 bits per heavy atom. The third-order valence-electron chi connectivity index (χ3n) is 5.86. The van der Waals surface area contributed by atoms with Crippen molar-refractivity contribution in [3.05, 3.63) is 108 Å². The van der Waals surface area contributed by atoms with Gasteiger partial charge in [0.15, 0.2) is 0 Å². The van der Waals surface area contributed by atoms with Crippen LogP contribution in [0.4, 0.5) is 0 Å². The van der Waals surface area contributed by atoms with Gasteiger partial charge in [0.1, 0.15) is 0 Å². The van der Waals surface area contributed by atoms with Crippen LogP contribution in [0.25, 0.3) is 49.7 Å². The maximum Gasteiger partial charge on any atom is 0.267 e. The summed E-state index contributed by atoms with van der Waals surface area (Å²) in [5.41, 5.74) is 4.58. The Morgan fingerprint density at radius 3 is 1.97 bits per heavy atom. The highest BCUT2D eigenvalue weighted by molar-refractivity contribution is 5.89. The van der Waals surface area contributed by atoms with E-state index in [0.29, 0.717) is 17.0 Å². The molecule has 0 aliphatic carbocycles. The predicted molar refractivity (Wildman–Crippen MR) is 125 cm³/mol. The highest BCUT2D eigenvalue weighted by Crippen LogP contribution is 2.29. The smallest absolute Gasteiger partial charge is 0.267 e. The normalized spacial score (nSPS) is 11.5. The van der Waals surface area contributed by atoms with E-state index in [9.17, 15) is 5.21 Å². The maximum atomic E-state index is 13.1. The third-order valence-corrected chi connectivity index (χ3v) is 5.86. The molecule has 2 heterocycles. The van der Waals surface area contributed by atoms with E-state index >= 15 is 0 Å². The molecule has 0 unspecified atom stereocenters. The Hall–Kier alpha value is -4.18. The van der Waals surface area contributed by atoms with E-state index in [0.717, 1.165) is 32.3 Å². The fourth-order valence-corrected chi connectivity index (χ4v) is 4.26. The Kier molecular flexibility index (Phi) is 3.80. The van der Waals surface area contributed by atoms with Crippen LogP contribution in [-0.4, -0.2) is 9.38 Å². The molecule has 0 amide bonds. The van der Waals surface area contributed by atoms with Gasteiger partial charge in [0.25, 0.3) is 5.69 Å². The molecule has 0 saturated heterocycles. The second kappa shape index (κ2) is 6.67. The minimum absolute atomic E-state index is 0.567. The van der Waals surface area contributed by atoms with Crippen molar-refractivity contribution in [2.45, 2.75) is 6.92 Å². The quantitative estimate of drug-likeness (QED) is 0.267. The van der Waals surface area contributed by atoms with E-state index in [1.807, 2.05) is 54.0 Å². The SMILES string of the molecule is Cc1cn2cc(-c3ccc4ccccc4c3)nc2c(-c2ccc3ccccc3c2)[n+]1[O-]. The molecule has 0 radical (unpaired) electrons. The molecule has 0 spiro atoms. The van der Waals surface area contributed by atoms with Gasteiger partial charge in [0.2, 0.25) is 11.3 Å². The molecule has 4 nitrogen and oxygen atoms in total. The molecular weight excluding hydrogens is 382 g/mol. The summed E-state index contributed by atoms with van der Waals surface area (Å²) in [7, 11) is 0. The van der Waals surface area contributed by atoms with E-state index < -0.39 is 0 Å². The first-order valence-electron chi connectivity index (χ1n) is 10.3. The average Bonchev–Trinajstić information content (AvgIpc) is 3.22. The lowest BCUT2D eigenvalue weighted by atomic mass is 10.0. The number of hydrogen-bond donors (Lipinski definition) is 0. The predicted octanol–water partition coefficient (Wildman–Crippen LogP) is 5.92. The van der Waals surface area contributed by atoms with Crippen LogP contribution < -0.4 is 4.73 Å². The zero-order chi connectivity index (χ0) is 20.9. The lowest BCUT2D eigenvalue weighted by molar-refractivity contribution is -0.600. The van der Waals surface area contributed by atoms with Crippen LogP contribution in [0.5, 0.6) is 0 Å². The summed E-state index contributed by atoms with van der Waals surface area (Å²) in [6, 6.07) is 28.9. The van der Waals surface area contributed by atoms with Crippen LogP contribution in [0.1, 0.15) is 5.69 Å². The van der Waals surface area contributed by atoms with Crippen molar-refractivity contribution in [1.82, 2.24) is 9.38 Å². The van der Waals surface area contributed by atoms with Gasteiger partial charge in [-0.25, -0.2) is 4.98 Å². The number of hydrogen-bond acceptors (Lipinski definition) is 2. The second-order valence-corrected chi connectivity index (χ2v) is 7.89. The molecule has 0 aliphatic rings. The van der Waals surface area contributed by atoms with Crippen LogP contribution >= 0.6 is 0 Å². The molecule has 0 bridgehead atoms. The Morgan fingerprint density at radius 2 is 1.29 bits per heavy atom. The summed E-state index contributed by atoms with van der Waals surface area (Å²) >= 11 is 0. The summed E-state index contributed by atoms with van der Waals surface area (Å²) in [6.07, 6.45) is 3.83. The van der Waals surface area contributed by atoms with E-state index in [4.69, 9.17) is 4.98 Å². The zero-order valence-corrected chi connectivity index (χ0v) is 17.0. The van der Waals surface area contributed by atoms with Crippen molar-refractivity contribution in [2.75, 3.05) is 0 Å². The van der Waals surface area contributed by atoms with Crippen LogP contribution in [0.2, 0.25) is 0 Å². The number of fused-ring (bicyclic) bond motifs is 3. The van der Waals surface area contributed by atoms with E-state index in [-0.39, 0.29) is 0 Å². The Balaban J connectivity index is 1.58. The summed E-state index contributed by atoms with van der Waals surface area (Å²) < 4.78 is 2.94. The van der Waals surface area contributed by atoms with Gasteiger partial charge in [0, 0.05) is 18.7 Å². The van der Waals surface area contributed by atoms with Gasteiger partial charge in [-0.3, -0.25) is 4.40 Å². The lowest BCUT2D eigenvalue weighted by Gasteiger charge is -2.09. The zero-order valence-electron chi connectivity index (χ0n) is 17.0. The topological polar surface area (TPSA) is 44.2 Å². The third kappa shape index (κ3) is 2.84. The van der Waals surface area contributed by atoms with Gasteiger partial charge in [-0.1, -0.05) is 66.7 Å². The van der Waals surface area contributed by atoms with Crippen LogP contribution in [0.15, 0.2) is 97.3 Å². The fourth-order valence-electron chi connectivity index (χ4n) is 4.26. The molecule has 4 heteroatoms. The molecule has 31 heavy (non-hydrogen) atoms. The molecule has 0 atom stereocenters. The Bertz CT molecular complexity index is 1610. The Labute approximate surface area is 179 Å². The van der Waals surface area contributed by atoms with Crippen molar-refractivity contribution in [1.29, 1.82) is 0 Å². The van der Waals surface area contributed by atoms with Crippen LogP contribution in [0, 0.1) is 12.1 Å². The van der Waals surface area contributed by atoms with Crippen molar-refractivity contribution in [2.24, 2.45) is 0 Å². The monoisotopic (exact) mass is 401 g/mol. The van der Waals surface area contributed by atoms with Crippen molar-refractivity contribution < 1.29 is 4.73 Å². The highest BCUT2D eigenvalue weighted by atomic mass is 16.5. The van der Waals surface area contributed by atoms with E-state index in [1.165, 1.54) is 10.8 Å². The number of aromatic nitrogens is 3. The van der Waals surface area contributed by atoms with Crippen molar-refractivity contribution >= 4 is 27.2 Å².